The average molecular weight is 440 g/mol. The van der Waals surface area contributed by atoms with Crippen LogP contribution in [0.3, 0.4) is 0 Å². The molecule has 1 aromatic heterocycles. The Morgan fingerprint density at radius 1 is 1.26 bits per heavy atom. The number of hydrogen-bond acceptors (Lipinski definition) is 8. The fourth-order valence-electron chi connectivity index (χ4n) is 3.40. The molecule has 168 valence electrons. The zero-order chi connectivity index (χ0) is 22.2. The van der Waals surface area contributed by atoms with Crippen LogP contribution in [-0.2, 0) is 14.3 Å². The summed E-state index contributed by atoms with van der Waals surface area (Å²) in [5.74, 6) is -3.70. The molecule has 31 heavy (non-hydrogen) atoms. The first-order valence-electron chi connectivity index (χ1n) is 9.82. The molecule has 10 nitrogen and oxygen atoms in total. The second kappa shape index (κ2) is 7.82. The molecule has 2 aliphatic heterocycles. The van der Waals surface area contributed by atoms with E-state index in [2.05, 4.69) is 10.3 Å². The maximum absolute atomic E-state index is 13.3. The number of primary amides is 1. The highest BCUT2D eigenvalue weighted by molar-refractivity contribution is 5.94. The van der Waals surface area contributed by atoms with Crippen LogP contribution in [-0.4, -0.2) is 67.3 Å². The molecule has 12 heteroatoms. The molecule has 1 saturated carbocycles. The molecule has 2 amide bonds. The van der Waals surface area contributed by atoms with E-state index in [0.717, 1.165) is 12.8 Å². The Balaban J connectivity index is 1.53. The fourth-order valence-corrected chi connectivity index (χ4v) is 3.40. The third-order valence-electron chi connectivity index (χ3n) is 5.23. The average Bonchev–Trinajstić information content (AvgIpc) is 3.50. The number of nitrogens with two attached hydrogens (primary N) is 1. The van der Waals surface area contributed by atoms with Crippen LogP contribution in [0.15, 0.2) is 12.1 Å². The van der Waals surface area contributed by atoms with Gasteiger partial charge in [-0.3, -0.25) is 9.59 Å². The van der Waals surface area contributed by atoms with E-state index in [4.69, 9.17) is 19.9 Å². The number of halogens is 2. The number of carbonyl (C=O) groups excluding carboxylic acids is 3. The summed E-state index contributed by atoms with van der Waals surface area (Å²) >= 11 is 0. The summed E-state index contributed by atoms with van der Waals surface area (Å²) in [6.45, 7) is -1.13. The van der Waals surface area contributed by atoms with Gasteiger partial charge in [0, 0.05) is 0 Å². The first kappa shape index (κ1) is 21.1. The molecule has 0 atom stereocenters. The van der Waals surface area contributed by atoms with Crippen LogP contribution in [0, 0.1) is 5.92 Å². The Labute approximate surface area is 176 Å². The Hall–Kier alpha value is -3.18. The van der Waals surface area contributed by atoms with Crippen molar-refractivity contribution in [2.24, 2.45) is 11.7 Å². The van der Waals surface area contributed by atoms with Crippen LogP contribution in [0.25, 0.3) is 0 Å². The van der Waals surface area contributed by atoms with Gasteiger partial charge in [0.1, 0.15) is 30.1 Å². The first-order chi connectivity index (χ1) is 14.6. The largest absolute Gasteiger partial charge is 0.508 e. The molecule has 4 rings (SSSR count). The molecule has 3 fully saturated rings. The normalized spacial score (nSPS) is 21.4. The number of hydrogen-bond donors (Lipinski definition) is 2. The van der Waals surface area contributed by atoms with Gasteiger partial charge in [-0.25, -0.2) is 18.6 Å². The van der Waals surface area contributed by atoms with Gasteiger partial charge in [0.2, 0.25) is 11.8 Å². The summed E-state index contributed by atoms with van der Waals surface area (Å²) in [7, 11) is 0. The Morgan fingerprint density at radius 3 is 2.52 bits per heavy atom. The highest BCUT2D eigenvalue weighted by Crippen LogP contribution is 2.38. The van der Waals surface area contributed by atoms with Crippen molar-refractivity contribution in [2.45, 2.75) is 30.7 Å². The highest BCUT2D eigenvalue weighted by Gasteiger charge is 2.45. The van der Waals surface area contributed by atoms with Gasteiger partial charge in [-0.05, 0) is 30.9 Å². The van der Waals surface area contributed by atoms with Crippen molar-refractivity contribution in [2.75, 3.05) is 37.8 Å². The lowest BCUT2D eigenvalue weighted by Gasteiger charge is -2.40. The van der Waals surface area contributed by atoms with Gasteiger partial charge in [0.05, 0.1) is 26.1 Å². The molecule has 0 bridgehead atoms. The number of rotatable bonds is 8. The van der Waals surface area contributed by atoms with Gasteiger partial charge < -0.3 is 30.2 Å². The van der Waals surface area contributed by atoms with Crippen molar-refractivity contribution < 1.29 is 37.4 Å². The van der Waals surface area contributed by atoms with Gasteiger partial charge in [-0.2, -0.15) is 0 Å². The van der Waals surface area contributed by atoms with Crippen molar-refractivity contribution in [1.82, 2.24) is 10.3 Å². The zero-order valence-electron chi connectivity index (χ0n) is 16.6. The van der Waals surface area contributed by atoms with E-state index in [-0.39, 0.29) is 31.2 Å². The van der Waals surface area contributed by atoms with Crippen LogP contribution in [0.4, 0.5) is 19.3 Å². The van der Waals surface area contributed by atoms with Crippen LogP contribution < -0.4 is 20.7 Å². The van der Waals surface area contributed by atoms with Gasteiger partial charge in [-0.15, -0.1) is 0 Å². The first-order valence-corrected chi connectivity index (χ1v) is 9.82. The standard InChI is InChI=1S/C19H22F2N4O6/c20-19(21)7-25(8-19)13-4-3-12(23-16(13)29-6-11-1-2-11)15(27)24-18(5-14(22)26)9-30-17(28)31-10-18/h3-4,11H,1-2,5-10H2,(H2,22,26)(H,24,27). The summed E-state index contributed by atoms with van der Waals surface area (Å²) in [6, 6.07) is 2.87. The minimum absolute atomic E-state index is 0.0532. The second-order valence-electron chi connectivity index (χ2n) is 8.19. The number of ether oxygens (including phenoxy) is 3. The number of amides is 2. The smallest absolute Gasteiger partial charge is 0.476 e. The number of anilines is 1. The minimum Gasteiger partial charge on any atom is -0.476 e. The second-order valence-corrected chi connectivity index (χ2v) is 8.19. The van der Waals surface area contributed by atoms with Crippen LogP contribution >= 0.6 is 0 Å². The van der Waals surface area contributed by atoms with Gasteiger partial charge in [0.25, 0.3) is 11.8 Å². The van der Waals surface area contributed by atoms with E-state index in [1.165, 1.54) is 17.0 Å². The van der Waals surface area contributed by atoms with E-state index < -0.39 is 42.5 Å². The maximum atomic E-state index is 13.3. The summed E-state index contributed by atoms with van der Waals surface area (Å²) in [4.78, 5) is 41.2. The summed E-state index contributed by atoms with van der Waals surface area (Å²) in [5, 5.41) is 2.60. The van der Waals surface area contributed by atoms with Crippen LogP contribution in [0.5, 0.6) is 5.88 Å². The molecule has 0 unspecified atom stereocenters. The van der Waals surface area contributed by atoms with Crippen molar-refractivity contribution in [3.8, 4) is 5.88 Å². The molecule has 1 aromatic rings. The summed E-state index contributed by atoms with van der Waals surface area (Å²) < 4.78 is 42.0. The minimum atomic E-state index is -2.77. The van der Waals surface area contributed by atoms with Crippen LogP contribution in [0.2, 0.25) is 0 Å². The maximum Gasteiger partial charge on any atom is 0.508 e. The third-order valence-corrected chi connectivity index (χ3v) is 5.23. The molecule has 0 radical (unpaired) electrons. The number of aromatic nitrogens is 1. The highest BCUT2D eigenvalue weighted by atomic mass is 19.3. The Kier molecular flexibility index (Phi) is 5.31. The Morgan fingerprint density at radius 2 is 1.94 bits per heavy atom. The number of pyridine rings is 1. The molecule has 2 saturated heterocycles. The van der Waals surface area contributed by atoms with Crippen molar-refractivity contribution in [3.05, 3.63) is 17.8 Å². The molecule has 3 N–H and O–H groups in total. The number of carbonyl (C=O) groups is 3. The molecule has 0 spiro atoms. The lowest BCUT2D eigenvalue weighted by atomic mass is 9.95. The molecule has 3 heterocycles. The topological polar surface area (TPSA) is 133 Å². The molecule has 1 aliphatic carbocycles. The molecular formula is C19H22F2N4O6. The number of alkyl halides is 2. The quantitative estimate of drug-likeness (QED) is 0.568. The summed E-state index contributed by atoms with van der Waals surface area (Å²) in [5.41, 5.74) is 4.25. The van der Waals surface area contributed by atoms with Gasteiger partial charge in [-0.1, -0.05) is 0 Å². The zero-order valence-corrected chi connectivity index (χ0v) is 16.6. The van der Waals surface area contributed by atoms with Crippen molar-refractivity contribution >= 4 is 23.7 Å². The fraction of sp³-hybridized carbons (Fsp3) is 0.579. The molecular weight excluding hydrogens is 418 g/mol. The molecule has 3 aliphatic rings. The van der Waals surface area contributed by atoms with E-state index in [1.54, 1.807) is 0 Å². The van der Waals surface area contributed by atoms with Crippen molar-refractivity contribution in [1.29, 1.82) is 0 Å². The monoisotopic (exact) mass is 440 g/mol. The SMILES string of the molecule is NC(=O)CC1(NC(=O)c2ccc(N3CC(F)(F)C3)c(OCC3CC3)n2)COC(=O)OC1. The number of nitrogens with zero attached hydrogens (tertiary/aromatic N) is 2. The van der Waals surface area contributed by atoms with E-state index >= 15 is 0 Å². The van der Waals surface area contributed by atoms with E-state index in [9.17, 15) is 23.2 Å². The van der Waals surface area contributed by atoms with E-state index in [1.807, 2.05) is 0 Å². The lowest BCUT2D eigenvalue weighted by molar-refractivity contribution is -0.122. The molecule has 0 aromatic carbocycles. The number of cyclic esters (lactones) is 2. The predicted octanol–water partition coefficient (Wildman–Crippen LogP) is 0.836. The van der Waals surface area contributed by atoms with Crippen LogP contribution in [0.1, 0.15) is 29.8 Å². The number of nitrogens with one attached hydrogen (secondary N) is 1. The summed E-state index contributed by atoms with van der Waals surface area (Å²) in [6.07, 6.45) is 0.800. The third kappa shape index (κ3) is 4.94. The van der Waals surface area contributed by atoms with Gasteiger partial charge >= 0.3 is 6.16 Å². The predicted molar refractivity (Wildman–Crippen MR) is 101 cm³/mol. The van der Waals surface area contributed by atoms with Crippen molar-refractivity contribution in [3.63, 3.8) is 0 Å². The Bertz CT molecular complexity index is 889. The lowest BCUT2D eigenvalue weighted by Crippen LogP contribution is -2.60. The van der Waals surface area contributed by atoms with E-state index in [0.29, 0.717) is 18.2 Å². The van der Waals surface area contributed by atoms with Gasteiger partial charge in [0.15, 0.2) is 0 Å².